The molecule has 1 rings (SSSR count). The van der Waals surface area contributed by atoms with Crippen molar-refractivity contribution in [1.82, 2.24) is 10.3 Å². The minimum atomic E-state index is -2.85. The third kappa shape index (κ3) is 3.52. The molecule has 0 aliphatic heterocycles. The van der Waals surface area contributed by atoms with Gasteiger partial charge in [0.15, 0.2) is 0 Å². The van der Waals surface area contributed by atoms with Gasteiger partial charge in [-0.3, -0.25) is 4.79 Å². The van der Waals surface area contributed by atoms with Gasteiger partial charge in [0.25, 0.3) is 12.3 Å². The maximum absolute atomic E-state index is 11.9. The molecule has 1 atom stereocenters. The Kier molecular flexibility index (Phi) is 4.10. The molecule has 1 amide bonds. The van der Waals surface area contributed by atoms with E-state index < -0.39 is 25.0 Å². The predicted octanol–water partition coefficient (Wildman–Crippen LogP) is 0.807. The highest BCUT2D eigenvalue weighted by Gasteiger charge is 2.18. The normalized spacial score (nSPS) is 12.9. The van der Waals surface area contributed by atoms with Crippen molar-refractivity contribution >= 4 is 17.2 Å². The molecule has 1 heterocycles. The van der Waals surface area contributed by atoms with Crippen molar-refractivity contribution in [2.24, 2.45) is 0 Å². The van der Waals surface area contributed by atoms with Crippen LogP contribution in [0.2, 0.25) is 0 Å². The Labute approximate surface area is 89.0 Å². The van der Waals surface area contributed by atoms with E-state index >= 15 is 0 Å². The quantitative estimate of drug-likeness (QED) is 0.813. The first kappa shape index (κ1) is 12.0. The lowest BCUT2D eigenvalue weighted by Gasteiger charge is -2.09. The number of nitrogens with one attached hydrogen (secondary N) is 1. The van der Waals surface area contributed by atoms with Gasteiger partial charge in [-0.15, -0.1) is 11.3 Å². The van der Waals surface area contributed by atoms with Gasteiger partial charge in [-0.05, 0) is 6.92 Å². The van der Waals surface area contributed by atoms with Crippen LogP contribution in [0.3, 0.4) is 0 Å². The second kappa shape index (κ2) is 5.13. The third-order valence-electron chi connectivity index (χ3n) is 1.61. The Hall–Kier alpha value is -1.08. The van der Waals surface area contributed by atoms with Gasteiger partial charge in [0.2, 0.25) is 0 Å². The molecule has 0 saturated heterocycles. The van der Waals surface area contributed by atoms with E-state index in [1.165, 1.54) is 6.20 Å². The third-order valence-corrected chi connectivity index (χ3v) is 2.52. The maximum atomic E-state index is 11.9. The number of rotatable bonds is 4. The molecule has 1 aromatic rings. The summed E-state index contributed by atoms with van der Waals surface area (Å²) in [6, 6.07) is 0. The number of hydrogen-bond donors (Lipinski definition) is 2. The van der Waals surface area contributed by atoms with E-state index in [-0.39, 0.29) is 0 Å². The first-order valence-electron chi connectivity index (χ1n) is 4.17. The van der Waals surface area contributed by atoms with Crippen LogP contribution in [0.5, 0.6) is 0 Å². The van der Waals surface area contributed by atoms with Crippen LogP contribution >= 0.6 is 11.3 Å². The molecule has 1 aromatic heterocycles. The van der Waals surface area contributed by atoms with Crippen molar-refractivity contribution in [3.8, 4) is 0 Å². The highest BCUT2D eigenvalue weighted by atomic mass is 32.1. The van der Waals surface area contributed by atoms with Gasteiger partial charge in [-0.2, -0.15) is 0 Å². The van der Waals surface area contributed by atoms with Gasteiger partial charge in [0.1, 0.15) is 11.0 Å². The molecular weight excluding hydrogens is 226 g/mol. The number of halogens is 2. The number of thiazole rings is 1. The summed E-state index contributed by atoms with van der Waals surface area (Å²) in [5.74, 6) is -0.500. The van der Waals surface area contributed by atoms with Gasteiger partial charge in [-0.1, -0.05) is 0 Å². The first-order valence-corrected chi connectivity index (χ1v) is 4.99. The lowest BCUT2D eigenvalue weighted by atomic mass is 10.3. The summed E-state index contributed by atoms with van der Waals surface area (Å²) in [6.45, 7) is 1.27. The molecule has 4 nitrogen and oxygen atoms in total. The zero-order valence-electron chi connectivity index (χ0n) is 7.91. The van der Waals surface area contributed by atoms with Crippen molar-refractivity contribution in [3.63, 3.8) is 0 Å². The zero-order valence-corrected chi connectivity index (χ0v) is 8.72. The number of amides is 1. The highest BCUT2D eigenvalue weighted by Crippen LogP contribution is 2.11. The van der Waals surface area contributed by atoms with Crippen molar-refractivity contribution in [1.29, 1.82) is 0 Å². The number of alkyl halides is 2. The Bertz CT molecular complexity index is 343. The fraction of sp³-hybridized carbons (Fsp3) is 0.500. The van der Waals surface area contributed by atoms with E-state index in [2.05, 4.69) is 10.3 Å². The topological polar surface area (TPSA) is 62.2 Å². The van der Waals surface area contributed by atoms with E-state index in [1.54, 1.807) is 6.92 Å². The summed E-state index contributed by atoms with van der Waals surface area (Å²) in [6.07, 6.45) is -3.32. The van der Waals surface area contributed by atoms with Crippen LogP contribution in [0.25, 0.3) is 0 Å². The van der Waals surface area contributed by atoms with Gasteiger partial charge in [0.05, 0.1) is 11.2 Å². The van der Waals surface area contributed by atoms with Gasteiger partial charge < -0.3 is 10.4 Å². The number of aliphatic hydroxyl groups is 1. The molecule has 0 fully saturated rings. The van der Waals surface area contributed by atoms with E-state index in [0.29, 0.717) is 4.88 Å². The molecule has 0 bridgehead atoms. The molecular formula is C8H10F2N2O2S. The van der Waals surface area contributed by atoms with Crippen molar-refractivity contribution in [3.05, 3.63) is 16.1 Å². The molecule has 0 radical (unpaired) electrons. The number of aryl methyl sites for hydroxylation is 1. The lowest BCUT2D eigenvalue weighted by molar-refractivity contribution is -0.00268. The fourth-order valence-electron chi connectivity index (χ4n) is 0.840. The smallest absolute Gasteiger partial charge is 0.265 e. The number of carbonyl (C=O) groups is 1. The molecule has 0 aromatic carbocycles. The molecule has 15 heavy (non-hydrogen) atoms. The monoisotopic (exact) mass is 236 g/mol. The molecule has 7 heteroatoms. The van der Waals surface area contributed by atoms with Crippen molar-refractivity contribution < 1.29 is 18.7 Å². The number of carbonyl (C=O) groups excluding carboxylic acids is 1. The molecule has 84 valence electrons. The van der Waals surface area contributed by atoms with Crippen LogP contribution in [0.1, 0.15) is 14.7 Å². The maximum Gasteiger partial charge on any atom is 0.265 e. The molecule has 0 saturated carbocycles. The lowest BCUT2D eigenvalue weighted by Crippen LogP contribution is -2.35. The van der Waals surface area contributed by atoms with Gasteiger partial charge in [-0.25, -0.2) is 13.8 Å². The Morgan fingerprint density at radius 2 is 2.40 bits per heavy atom. The van der Waals surface area contributed by atoms with E-state index in [0.717, 1.165) is 16.3 Å². The van der Waals surface area contributed by atoms with E-state index in [1.807, 2.05) is 0 Å². The second-order valence-electron chi connectivity index (χ2n) is 2.86. The minimum Gasteiger partial charge on any atom is -0.385 e. The Morgan fingerprint density at radius 1 is 1.73 bits per heavy atom. The fourth-order valence-corrected chi connectivity index (χ4v) is 1.53. The molecule has 2 N–H and O–H groups in total. The molecule has 0 aliphatic carbocycles. The Balaban J connectivity index is 2.43. The number of aliphatic hydroxyl groups excluding tert-OH is 1. The average Bonchev–Trinajstić information content (AvgIpc) is 2.60. The summed E-state index contributed by atoms with van der Waals surface area (Å²) < 4.78 is 23.7. The van der Waals surface area contributed by atoms with Crippen molar-refractivity contribution in [2.75, 3.05) is 6.54 Å². The van der Waals surface area contributed by atoms with Crippen LogP contribution in [0, 0.1) is 6.92 Å². The minimum absolute atomic E-state index is 0.342. The molecule has 0 spiro atoms. The van der Waals surface area contributed by atoms with Crippen LogP contribution in [0.15, 0.2) is 6.20 Å². The summed E-state index contributed by atoms with van der Waals surface area (Å²) >= 11 is 1.16. The second-order valence-corrected chi connectivity index (χ2v) is 4.09. The largest absolute Gasteiger partial charge is 0.385 e. The summed E-state index contributed by atoms with van der Waals surface area (Å²) in [5, 5.41) is 11.7. The Morgan fingerprint density at radius 3 is 2.87 bits per heavy atom. The summed E-state index contributed by atoms with van der Waals surface area (Å²) in [4.78, 5) is 15.5. The standard InChI is InChI=1S/C8H10F2N2O2S/c1-4-11-3-6(15-4)8(14)12-2-5(13)7(9)10/h3,5,7,13H,2H2,1H3,(H,12,14). The van der Waals surface area contributed by atoms with Gasteiger partial charge in [0, 0.05) is 6.54 Å². The number of aromatic nitrogens is 1. The average molecular weight is 236 g/mol. The van der Waals surface area contributed by atoms with Crippen LogP contribution in [-0.2, 0) is 0 Å². The van der Waals surface area contributed by atoms with Crippen molar-refractivity contribution in [2.45, 2.75) is 19.5 Å². The SMILES string of the molecule is Cc1ncc(C(=O)NCC(O)C(F)F)s1. The van der Waals surface area contributed by atoms with E-state index in [4.69, 9.17) is 5.11 Å². The number of nitrogens with zero attached hydrogens (tertiary/aromatic N) is 1. The summed E-state index contributed by atoms with van der Waals surface area (Å²) in [5.41, 5.74) is 0. The van der Waals surface area contributed by atoms with Gasteiger partial charge >= 0.3 is 0 Å². The zero-order chi connectivity index (χ0) is 11.4. The van der Waals surface area contributed by atoms with Crippen LogP contribution in [-0.4, -0.2) is 35.1 Å². The molecule has 0 aliphatic rings. The summed E-state index contributed by atoms with van der Waals surface area (Å²) in [7, 11) is 0. The first-order chi connectivity index (χ1) is 7.00. The number of hydrogen-bond acceptors (Lipinski definition) is 4. The van der Waals surface area contributed by atoms with Crippen LogP contribution in [0.4, 0.5) is 8.78 Å². The predicted molar refractivity (Wildman–Crippen MR) is 51.2 cm³/mol. The highest BCUT2D eigenvalue weighted by molar-refractivity contribution is 7.13. The molecule has 1 unspecified atom stereocenters. The van der Waals surface area contributed by atoms with E-state index in [9.17, 15) is 13.6 Å². The van der Waals surface area contributed by atoms with Crippen LogP contribution < -0.4 is 5.32 Å².